The van der Waals surface area contributed by atoms with Crippen LogP contribution in [0.3, 0.4) is 0 Å². The van der Waals surface area contributed by atoms with Crippen molar-refractivity contribution in [3.63, 3.8) is 0 Å². The van der Waals surface area contributed by atoms with Gasteiger partial charge in [-0.2, -0.15) is 5.06 Å². The number of ether oxygens (including phenoxy) is 1. The molecule has 0 aromatic heterocycles. The van der Waals surface area contributed by atoms with E-state index in [9.17, 15) is 19.5 Å². The average Bonchev–Trinajstić information content (AvgIpc) is 2.86. The van der Waals surface area contributed by atoms with Crippen molar-refractivity contribution in [2.24, 2.45) is 0 Å². The third kappa shape index (κ3) is 5.08. The van der Waals surface area contributed by atoms with Crippen LogP contribution in [0.1, 0.15) is 17.3 Å². The Balaban J connectivity index is 0.00000264. The van der Waals surface area contributed by atoms with E-state index in [4.69, 9.17) is 9.57 Å². The fourth-order valence-electron chi connectivity index (χ4n) is 1.95. The minimum absolute atomic E-state index is 0. The van der Waals surface area contributed by atoms with Crippen molar-refractivity contribution < 1.29 is 80.4 Å². The van der Waals surface area contributed by atoms with Crippen LogP contribution < -0.4 is 61.8 Å². The van der Waals surface area contributed by atoms with Crippen molar-refractivity contribution in [1.82, 2.24) is 10.4 Å². The van der Waals surface area contributed by atoms with Crippen molar-refractivity contribution in [1.29, 1.82) is 0 Å². The molecule has 0 bridgehead atoms. The molecule has 118 valence electrons. The van der Waals surface area contributed by atoms with E-state index in [1.165, 1.54) is 0 Å². The first-order valence-corrected chi connectivity index (χ1v) is 6.69. The molecular formula is C14H15KN2O6. The number of nitrogens with one attached hydrogen (secondary N) is 1. The number of carbonyl (C=O) groups is 3. The van der Waals surface area contributed by atoms with Gasteiger partial charge in [-0.3, -0.25) is 14.4 Å². The smallest absolute Gasteiger partial charge is 0.545 e. The second-order valence-electron chi connectivity index (χ2n) is 4.48. The summed E-state index contributed by atoms with van der Waals surface area (Å²) in [6, 6.07) is 7.35. The maximum Gasteiger partial charge on any atom is 1.00 e. The molecule has 0 saturated carbocycles. The molecule has 9 heteroatoms. The molecule has 1 aliphatic rings. The molecule has 2 atom stereocenters. The Hall–Kier alpha value is -0.814. The van der Waals surface area contributed by atoms with Crippen molar-refractivity contribution >= 4 is 17.8 Å². The van der Waals surface area contributed by atoms with E-state index in [1.54, 1.807) is 37.3 Å². The topological polar surface area (TPSA) is 108 Å². The van der Waals surface area contributed by atoms with E-state index < -0.39 is 30.1 Å². The molecule has 1 N–H and O–H groups in total. The number of hydroxylamine groups is 2. The van der Waals surface area contributed by atoms with Gasteiger partial charge in [0.1, 0.15) is 12.6 Å². The number of nitrogens with zero attached hydrogens (tertiary/aromatic N) is 1. The zero-order chi connectivity index (χ0) is 16.1. The maximum atomic E-state index is 12.1. The first-order valence-electron chi connectivity index (χ1n) is 6.69. The molecule has 1 unspecified atom stereocenters. The number of carboxylic acid groups (broad SMARTS) is 1. The summed E-state index contributed by atoms with van der Waals surface area (Å²) in [4.78, 5) is 40.1. The Morgan fingerprint density at radius 3 is 2.65 bits per heavy atom. The van der Waals surface area contributed by atoms with Gasteiger partial charge in [0.2, 0.25) is 0 Å². The molecule has 1 heterocycles. The van der Waals surface area contributed by atoms with Gasteiger partial charge in [0.25, 0.3) is 11.8 Å². The summed E-state index contributed by atoms with van der Waals surface area (Å²) in [6.45, 7) is 1.46. The van der Waals surface area contributed by atoms with Gasteiger partial charge in [-0.1, -0.05) is 18.2 Å². The molecule has 23 heavy (non-hydrogen) atoms. The van der Waals surface area contributed by atoms with Crippen LogP contribution in [0.2, 0.25) is 0 Å². The molecule has 2 amide bonds. The van der Waals surface area contributed by atoms with Crippen molar-refractivity contribution in [2.45, 2.75) is 19.2 Å². The van der Waals surface area contributed by atoms with Crippen LogP contribution >= 0.6 is 0 Å². The summed E-state index contributed by atoms with van der Waals surface area (Å²) in [6.07, 6.45) is -1.64. The van der Waals surface area contributed by atoms with Crippen molar-refractivity contribution in [3.8, 4) is 0 Å². The van der Waals surface area contributed by atoms with Crippen LogP contribution in [-0.4, -0.2) is 48.3 Å². The Bertz CT molecular complexity index is 568. The summed E-state index contributed by atoms with van der Waals surface area (Å²) in [5.41, 5.74) is 0.384. The van der Waals surface area contributed by atoms with Crippen LogP contribution in [0.25, 0.3) is 0 Å². The van der Waals surface area contributed by atoms with Crippen LogP contribution in [0.5, 0.6) is 0 Å². The van der Waals surface area contributed by atoms with Gasteiger partial charge in [-0.15, -0.1) is 0 Å². The van der Waals surface area contributed by atoms with Gasteiger partial charge >= 0.3 is 51.4 Å². The Kier molecular flexibility index (Phi) is 8.33. The standard InChI is InChI=1S/C14H16N2O6.K/c1-2-21-13(14(19)20)16-12(18)10(8-22-16)15-11(17)9-6-4-3-5-7-9;/h3-7,10,13H,2,8H2,1H3,(H,15,17)(H,19,20);/q;+1/p-1/t10-,13?;/m0./s1. The largest absolute Gasteiger partial charge is 1.00 e. The SMILES string of the molecule is CCOC(C(=O)[O-])N1OC[C@H](NC(=O)c2ccccc2)C1=O.[K+]. The number of carbonyl (C=O) groups excluding carboxylic acids is 3. The van der Waals surface area contributed by atoms with Gasteiger partial charge in [0.15, 0.2) is 6.23 Å². The van der Waals surface area contributed by atoms with E-state index in [-0.39, 0.29) is 64.6 Å². The van der Waals surface area contributed by atoms with E-state index in [1.807, 2.05) is 0 Å². The van der Waals surface area contributed by atoms with Gasteiger partial charge in [0.05, 0.1) is 5.97 Å². The molecule has 1 saturated heterocycles. The first-order chi connectivity index (χ1) is 10.5. The molecule has 0 radical (unpaired) electrons. The maximum absolute atomic E-state index is 12.1. The summed E-state index contributed by atoms with van der Waals surface area (Å²) >= 11 is 0. The van der Waals surface area contributed by atoms with E-state index >= 15 is 0 Å². The van der Waals surface area contributed by atoms with Crippen molar-refractivity contribution in [2.75, 3.05) is 13.2 Å². The quantitative estimate of drug-likeness (QED) is 0.522. The fraction of sp³-hybridized carbons (Fsp3) is 0.357. The minimum Gasteiger partial charge on any atom is -0.545 e. The number of hydrogen-bond donors (Lipinski definition) is 1. The summed E-state index contributed by atoms with van der Waals surface area (Å²) in [5.74, 6) is -2.75. The number of hydrogen-bond acceptors (Lipinski definition) is 6. The third-order valence-electron chi connectivity index (χ3n) is 2.98. The van der Waals surface area contributed by atoms with Gasteiger partial charge in [0, 0.05) is 12.2 Å². The van der Waals surface area contributed by atoms with E-state index in [0.717, 1.165) is 0 Å². The molecular weight excluding hydrogens is 331 g/mol. The van der Waals surface area contributed by atoms with Crippen molar-refractivity contribution in [3.05, 3.63) is 35.9 Å². The fourth-order valence-corrected chi connectivity index (χ4v) is 1.95. The molecule has 1 aliphatic heterocycles. The number of carboxylic acids is 1. The molecule has 1 aromatic carbocycles. The van der Waals surface area contributed by atoms with Gasteiger partial charge in [-0.25, -0.2) is 0 Å². The summed E-state index contributed by atoms with van der Waals surface area (Å²) in [7, 11) is 0. The van der Waals surface area contributed by atoms with Gasteiger partial charge < -0.3 is 20.0 Å². The number of rotatable bonds is 6. The molecule has 0 spiro atoms. The zero-order valence-corrected chi connectivity index (χ0v) is 16.0. The molecule has 8 nitrogen and oxygen atoms in total. The Morgan fingerprint density at radius 2 is 2.09 bits per heavy atom. The number of benzene rings is 1. The Labute approximate surface area is 175 Å². The number of aliphatic carboxylic acids is 1. The predicted molar refractivity (Wildman–Crippen MR) is 70.9 cm³/mol. The zero-order valence-electron chi connectivity index (χ0n) is 12.9. The van der Waals surface area contributed by atoms with Crippen LogP contribution in [0, 0.1) is 0 Å². The second kappa shape index (κ2) is 9.47. The van der Waals surface area contributed by atoms with E-state index in [0.29, 0.717) is 10.6 Å². The molecule has 2 rings (SSSR count). The average molecular weight is 346 g/mol. The predicted octanol–water partition coefficient (Wildman–Crippen LogP) is -4.32. The van der Waals surface area contributed by atoms with Gasteiger partial charge in [-0.05, 0) is 19.1 Å². The summed E-state index contributed by atoms with van der Waals surface area (Å²) in [5, 5.41) is 14.0. The normalized spacial score (nSPS) is 18.2. The minimum atomic E-state index is -1.64. The van der Waals surface area contributed by atoms with Crippen LogP contribution in [0.4, 0.5) is 0 Å². The van der Waals surface area contributed by atoms with Crippen LogP contribution in [-0.2, 0) is 19.2 Å². The monoisotopic (exact) mass is 346 g/mol. The van der Waals surface area contributed by atoms with Crippen LogP contribution in [0.15, 0.2) is 30.3 Å². The van der Waals surface area contributed by atoms with E-state index in [2.05, 4.69) is 5.32 Å². The molecule has 1 aromatic rings. The third-order valence-corrected chi connectivity index (χ3v) is 2.98. The Morgan fingerprint density at radius 1 is 1.43 bits per heavy atom. The molecule has 0 aliphatic carbocycles. The first kappa shape index (κ1) is 20.2. The number of amides is 2. The molecule has 1 fully saturated rings. The second-order valence-corrected chi connectivity index (χ2v) is 4.48. The summed E-state index contributed by atoms with van der Waals surface area (Å²) < 4.78 is 4.90.